The zero-order valence-corrected chi connectivity index (χ0v) is 24.2. The van der Waals surface area contributed by atoms with Gasteiger partial charge in [0.2, 0.25) is 5.65 Å². The minimum atomic E-state index is -0.511. The number of nitrogens with one attached hydrogen (secondary N) is 1. The van der Waals surface area contributed by atoms with Crippen molar-refractivity contribution in [3.63, 3.8) is 0 Å². The van der Waals surface area contributed by atoms with Crippen LogP contribution in [0.1, 0.15) is 71.5 Å². The molecule has 1 aliphatic rings. The molecule has 1 fully saturated rings. The first-order valence-corrected chi connectivity index (χ1v) is 13.8. The summed E-state index contributed by atoms with van der Waals surface area (Å²) < 4.78 is 7.27. The zero-order valence-electron chi connectivity index (χ0n) is 23.5. The van der Waals surface area contributed by atoms with E-state index in [2.05, 4.69) is 47.3 Å². The van der Waals surface area contributed by atoms with Crippen LogP contribution in [0.25, 0.3) is 16.6 Å². The summed E-state index contributed by atoms with van der Waals surface area (Å²) in [7, 11) is 0. The van der Waals surface area contributed by atoms with E-state index in [-0.39, 0.29) is 17.6 Å². The maximum Gasteiger partial charge on any atom is 0.407 e. The molecule has 206 valence electrons. The summed E-state index contributed by atoms with van der Waals surface area (Å²) in [6, 6.07) is 10.1. The van der Waals surface area contributed by atoms with Crippen LogP contribution in [0.15, 0.2) is 36.5 Å². The predicted octanol–water partition coefficient (Wildman–Crippen LogP) is 5.71. The Kier molecular flexibility index (Phi) is 7.13. The monoisotopic (exact) mass is 549 g/mol. The number of aromatic nitrogens is 5. The molecule has 1 saturated heterocycles. The Morgan fingerprint density at radius 2 is 1.77 bits per heavy atom. The summed E-state index contributed by atoms with van der Waals surface area (Å²) >= 11 is 6.14. The van der Waals surface area contributed by atoms with Crippen LogP contribution in [-0.2, 0) is 16.6 Å². The molecule has 0 saturated carbocycles. The van der Waals surface area contributed by atoms with Gasteiger partial charge in [-0.15, -0.1) is 10.2 Å². The van der Waals surface area contributed by atoms with E-state index in [1.165, 1.54) is 0 Å². The molecule has 1 aliphatic heterocycles. The van der Waals surface area contributed by atoms with Crippen molar-refractivity contribution in [2.75, 3.05) is 18.0 Å². The number of alkyl carbamates (subject to hydrolysis) is 1. The van der Waals surface area contributed by atoms with Crippen LogP contribution in [0.2, 0.25) is 5.02 Å². The molecule has 4 aromatic rings. The van der Waals surface area contributed by atoms with Crippen molar-refractivity contribution in [1.82, 2.24) is 30.1 Å². The number of pyridine rings is 1. The smallest absolute Gasteiger partial charge is 0.407 e. The summed E-state index contributed by atoms with van der Waals surface area (Å²) in [6.45, 7) is 13.5. The first kappa shape index (κ1) is 27.1. The van der Waals surface area contributed by atoms with Gasteiger partial charge in [-0.2, -0.15) is 9.61 Å². The van der Waals surface area contributed by atoms with E-state index in [1.54, 1.807) is 0 Å². The number of rotatable bonds is 4. The number of ether oxygens (including phenoxy) is 1. The molecule has 4 heterocycles. The summed E-state index contributed by atoms with van der Waals surface area (Å²) in [5.74, 6) is 0.794. The molecule has 0 atom stereocenters. The van der Waals surface area contributed by atoms with E-state index in [0.717, 1.165) is 59.6 Å². The predicted molar refractivity (Wildman–Crippen MR) is 154 cm³/mol. The molecule has 3 aromatic heterocycles. The maximum absolute atomic E-state index is 12.2. The SMILES string of the molecule is CC(C)(C)OC(=O)NC1CCN(c2cnc3c(c2)c(Cc2ccc(Cl)cc2)nn2c(C(C)(C)C)nnc32)CC1. The number of anilines is 1. The molecule has 9 nitrogen and oxygen atoms in total. The number of nitrogens with zero attached hydrogens (tertiary/aromatic N) is 6. The highest BCUT2D eigenvalue weighted by Gasteiger charge is 2.26. The van der Waals surface area contributed by atoms with Gasteiger partial charge in [0.1, 0.15) is 11.1 Å². The standard InChI is InChI=1S/C29H36ClN7O2/c1-28(2,3)26-34-33-25-24-22(23(35-37(25)26)15-18-7-9-19(30)10-8-18)16-21(17-31-24)36-13-11-20(12-14-36)32-27(38)39-29(4,5)6/h7-10,16-17,20H,11-15H2,1-6H3,(H,32,38). The number of hydrogen-bond donors (Lipinski definition) is 1. The first-order valence-electron chi connectivity index (χ1n) is 13.4. The van der Waals surface area contributed by atoms with E-state index in [1.807, 2.05) is 55.7 Å². The van der Waals surface area contributed by atoms with Gasteiger partial charge in [0.15, 0.2) is 5.82 Å². The zero-order chi connectivity index (χ0) is 27.9. The fourth-order valence-electron chi connectivity index (χ4n) is 4.87. The van der Waals surface area contributed by atoms with Crippen LogP contribution in [0.4, 0.5) is 10.5 Å². The first-order chi connectivity index (χ1) is 18.4. The molecule has 5 rings (SSSR count). The molecule has 1 aromatic carbocycles. The van der Waals surface area contributed by atoms with Gasteiger partial charge in [-0.3, -0.25) is 0 Å². The van der Waals surface area contributed by atoms with Crippen LogP contribution in [0.3, 0.4) is 0 Å². The van der Waals surface area contributed by atoms with Gasteiger partial charge >= 0.3 is 6.09 Å². The fourth-order valence-corrected chi connectivity index (χ4v) is 5.00. The van der Waals surface area contributed by atoms with Gasteiger partial charge in [0.25, 0.3) is 0 Å². The number of carbonyl (C=O) groups is 1. The van der Waals surface area contributed by atoms with Crippen LogP contribution in [0, 0.1) is 0 Å². The van der Waals surface area contributed by atoms with Gasteiger partial charge in [-0.1, -0.05) is 44.5 Å². The van der Waals surface area contributed by atoms with E-state index in [4.69, 9.17) is 26.4 Å². The number of benzene rings is 1. The Morgan fingerprint density at radius 1 is 1.08 bits per heavy atom. The van der Waals surface area contributed by atoms with Gasteiger partial charge < -0.3 is 15.0 Å². The second-order valence-corrected chi connectivity index (χ2v) is 12.7. The molecule has 0 aliphatic carbocycles. The van der Waals surface area contributed by atoms with E-state index < -0.39 is 5.60 Å². The van der Waals surface area contributed by atoms with Crippen molar-refractivity contribution >= 4 is 39.9 Å². The summed E-state index contributed by atoms with van der Waals surface area (Å²) in [5, 5.41) is 18.7. The number of fused-ring (bicyclic) bond motifs is 3. The number of piperidine rings is 1. The molecule has 1 N–H and O–H groups in total. The lowest BCUT2D eigenvalue weighted by atomic mass is 9.96. The summed E-state index contributed by atoms with van der Waals surface area (Å²) in [5.41, 5.74) is 3.73. The average molecular weight is 550 g/mol. The minimum Gasteiger partial charge on any atom is -0.444 e. The fraction of sp³-hybridized carbons (Fsp3) is 0.483. The quantitative estimate of drug-likeness (QED) is 0.348. The second-order valence-electron chi connectivity index (χ2n) is 12.3. The summed E-state index contributed by atoms with van der Waals surface area (Å²) in [4.78, 5) is 19.4. The largest absolute Gasteiger partial charge is 0.444 e. The topological polar surface area (TPSA) is 97.5 Å². The van der Waals surface area contributed by atoms with Crippen molar-refractivity contribution in [3.05, 3.63) is 58.6 Å². The number of amides is 1. The lowest BCUT2D eigenvalue weighted by molar-refractivity contribution is 0.0497. The van der Waals surface area contributed by atoms with E-state index in [9.17, 15) is 4.79 Å². The molecule has 1 amide bonds. The van der Waals surface area contributed by atoms with Crippen molar-refractivity contribution in [2.45, 2.75) is 77.9 Å². The highest BCUT2D eigenvalue weighted by molar-refractivity contribution is 6.30. The van der Waals surface area contributed by atoms with Crippen molar-refractivity contribution < 1.29 is 9.53 Å². The van der Waals surface area contributed by atoms with E-state index >= 15 is 0 Å². The molecular weight excluding hydrogens is 514 g/mol. The van der Waals surface area contributed by atoms with Gasteiger partial charge in [-0.25, -0.2) is 9.78 Å². The molecule has 39 heavy (non-hydrogen) atoms. The van der Waals surface area contributed by atoms with Crippen LogP contribution < -0.4 is 10.2 Å². The van der Waals surface area contributed by atoms with Crippen LogP contribution in [0.5, 0.6) is 0 Å². The Bertz CT molecular complexity index is 1490. The Morgan fingerprint density at radius 3 is 2.41 bits per heavy atom. The number of halogens is 1. The Balaban J connectivity index is 1.45. The van der Waals surface area contributed by atoms with Crippen molar-refractivity contribution in [3.8, 4) is 0 Å². The normalized spacial score (nSPS) is 15.2. The molecule has 0 spiro atoms. The molecule has 0 unspecified atom stereocenters. The number of carbonyl (C=O) groups excluding carboxylic acids is 1. The molecule has 10 heteroatoms. The highest BCUT2D eigenvalue weighted by Crippen LogP contribution is 2.30. The average Bonchev–Trinajstić information content (AvgIpc) is 3.29. The lowest BCUT2D eigenvalue weighted by Crippen LogP contribution is -2.46. The van der Waals surface area contributed by atoms with Gasteiger partial charge in [0.05, 0.1) is 17.6 Å². The van der Waals surface area contributed by atoms with Gasteiger partial charge in [0, 0.05) is 41.4 Å². The maximum atomic E-state index is 12.2. The molecule has 0 radical (unpaired) electrons. The highest BCUT2D eigenvalue weighted by atomic mass is 35.5. The lowest BCUT2D eigenvalue weighted by Gasteiger charge is -2.34. The van der Waals surface area contributed by atoms with Crippen LogP contribution in [-0.4, -0.2) is 55.6 Å². The third-order valence-electron chi connectivity index (χ3n) is 6.79. The van der Waals surface area contributed by atoms with Crippen molar-refractivity contribution in [1.29, 1.82) is 0 Å². The second kappa shape index (κ2) is 10.3. The van der Waals surface area contributed by atoms with Crippen LogP contribution >= 0.6 is 11.6 Å². The van der Waals surface area contributed by atoms with Crippen molar-refractivity contribution in [2.24, 2.45) is 0 Å². The third kappa shape index (κ3) is 6.08. The van der Waals surface area contributed by atoms with E-state index in [0.29, 0.717) is 17.1 Å². The molecular formula is C29H36ClN7O2. The molecule has 0 bridgehead atoms. The Labute approximate surface area is 233 Å². The van der Waals surface area contributed by atoms with Gasteiger partial charge in [-0.05, 0) is 57.4 Å². The minimum absolute atomic E-state index is 0.0816. The third-order valence-corrected chi connectivity index (χ3v) is 7.05. The number of hydrogen-bond acceptors (Lipinski definition) is 7. The Hall–Kier alpha value is -3.46. The summed E-state index contributed by atoms with van der Waals surface area (Å²) in [6.07, 6.45) is 3.81.